The van der Waals surface area contributed by atoms with Crippen LogP contribution in [0.15, 0.2) is 70.7 Å². The standard InChI is InChI=1S/C24H22IN3O2/c1-24(2)12-17-20(18(29)13-24)19(14-8-10-15(25)11-9-14)21-22(26-17)27-28(23(21)30)16-6-4-3-5-7-16/h3-11,19,26-27H,12-13H2,1-2H3/t19-/m0/s1. The van der Waals surface area contributed by atoms with Crippen LogP contribution < -0.4 is 10.9 Å². The Labute approximate surface area is 188 Å². The van der Waals surface area contributed by atoms with Gasteiger partial charge < -0.3 is 5.32 Å². The first kappa shape index (κ1) is 19.4. The molecule has 1 aliphatic heterocycles. The van der Waals surface area contributed by atoms with Gasteiger partial charge in [-0.2, -0.15) is 0 Å². The van der Waals surface area contributed by atoms with Crippen molar-refractivity contribution in [3.05, 3.63) is 90.9 Å². The fourth-order valence-electron chi connectivity index (χ4n) is 4.64. The molecule has 1 atom stereocenters. The van der Waals surface area contributed by atoms with E-state index < -0.39 is 0 Å². The zero-order valence-corrected chi connectivity index (χ0v) is 19.0. The lowest BCUT2D eigenvalue weighted by atomic mass is 9.69. The number of nitrogens with zero attached hydrogens (tertiary/aromatic N) is 1. The molecule has 3 aromatic rings. The van der Waals surface area contributed by atoms with Crippen LogP contribution in [-0.2, 0) is 4.79 Å². The van der Waals surface area contributed by atoms with Gasteiger partial charge in [0.2, 0.25) is 0 Å². The summed E-state index contributed by atoms with van der Waals surface area (Å²) < 4.78 is 2.68. The molecule has 0 fully saturated rings. The van der Waals surface area contributed by atoms with Crippen molar-refractivity contribution in [1.29, 1.82) is 0 Å². The van der Waals surface area contributed by atoms with E-state index in [0.29, 0.717) is 17.8 Å². The minimum Gasteiger partial charge on any atom is -0.343 e. The number of carbonyl (C=O) groups excluding carboxylic acids is 1. The predicted octanol–water partition coefficient (Wildman–Crippen LogP) is 4.97. The average Bonchev–Trinajstić information content (AvgIpc) is 3.03. The summed E-state index contributed by atoms with van der Waals surface area (Å²) >= 11 is 2.27. The van der Waals surface area contributed by atoms with Crippen LogP contribution in [0.1, 0.15) is 43.7 Å². The van der Waals surface area contributed by atoms with Gasteiger partial charge in [0.15, 0.2) is 5.78 Å². The molecule has 0 saturated carbocycles. The number of aromatic amines is 1. The Kier molecular flexibility index (Phi) is 4.50. The number of para-hydroxylation sites is 1. The third-order valence-corrected chi connectivity index (χ3v) is 6.64. The first-order valence-corrected chi connectivity index (χ1v) is 11.1. The van der Waals surface area contributed by atoms with E-state index in [4.69, 9.17) is 0 Å². The van der Waals surface area contributed by atoms with Crippen molar-refractivity contribution in [3.8, 4) is 5.69 Å². The van der Waals surface area contributed by atoms with E-state index in [2.05, 4.69) is 46.9 Å². The SMILES string of the molecule is CC1(C)CC(=O)C2=C(C1)Nc1[nH]n(-c3ccccc3)c(=O)c1[C@H]2c1ccc(I)cc1. The number of benzene rings is 2. The molecule has 2 N–H and O–H groups in total. The fourth-order valence-corrected chi connectivity index (χ4v) is 5.00. The topological polar surface area (TPSA) is 66.9 Å². The molecule has 1 aliphatic carbocycles. The molecule has 2 aromatic carbocycles. The minimum absolute atomic E-state index is 0.112. The van der Waals surface area contributed by atoms with Gasteiger partial charge in [-0.25, -0.2) is 4.68 Å². The van der Waals surface area contributed by atoms with Crippen LogP contribution >= 0.6 is 22.6 Å². The van der Waals surface area contributed by atoms with Gasteiger partial charge in [-0.15, -0.1) is 0 Å². The normalized spacial score (nSPS) is 19.8. The van der Waals surface area contributed by atoms with Crippen molar-refractivity contribution in [2.24, 2.45) is 5.41 Å². The molecule has 0 spiro atoms. The van der Waals surface area contributed by atoms with Crippen LogP contribution in [0, 0.1) is 8.99 Å². The lowest BCUT2D eigenvalue weighted by Crippen LogP contribution is -2.35. The first-order valence-electron chi connectivity index (χ1n) is 10.0. The van der Waals surface area contributed by atoms with Crippen molar-refractivity contribution in [2.75, 3.05) is 5.32 Å². The van der Waals surface area contributed by atoms with Gasteiger partial charge in [0.05, 0.1) is 11.3 Å². The van der Waals surface area contributed by atoms with Gasteiger partial charge in [0.25, 0.3) is 5.56 Å². The summed E-state index contributed by atoms with van der Waals surface area (Å²) in [5.41, 5.74) is 3.76. The smallest absolute Gasteiger partial charge is 0.277 e. The second-order valence-corrected chi connectivity index (χ2v) is 10.1. The highest BCUT2D eigenvalue weighted by molar-refractivity contribution is 14.1. The average molecular weight is 511 g/mol. The third-order valence-electron chi connectivity index (χ3n) is 5.92. The lowest BCUT2D eigenvalue weighted by Gasteiger charge is -2.37. The second-order valence-electron chi connectivity index (χ2n) is 8.82. The molecule has 30 heavy (non-hydrogen) atoms. The number of hydrogen-bond donors (Lipinski definition) is 2. The summed E-state index contributed by atoms with van der Waals surface area (Å²) in [6.07, 6.45) is 1.26. The van der Waals surface area contributed by atoms with Crippen molar-refractivity contribution in [2.45, 2.75) is 32.6 Å². The predicted molar refractivity (Wildman–Crippen MR) is 126 cm³/mol. The van der Waals surface area contributed by atoms with Crippen LogP contribution in [-0.4, -0.2) is 15.6 Å². The molecule has 0 amide bonds. The van der Waals surface area contributed by atoms with E-state index in [0.717, 1.165) is 32.5 Å². The van der Waals surface area contributed by atoms with Crippen LogP contribution in [0.4, 0.5) is 5.82 Å². The molecule has 0 radical (unpaired) electrons. The summed E-state index contributed by atoms with van der Waals surface area (Å²) in [6.45, 7) is 4.23. The number of nitrogens with one attached hydrogen (secondary N) is 2. The third kappa shape index (κ3) is 3.14. The Morgan fingerprint density at radius 3 is 2.40 bits per heavy atom. The van der Waals surface area contributed by atoms with Crippen molar-refractivity contribution < 1.29 is 4.79 Å². The monoisotopic (exact) mass is 511 g/mol. The van der Waals surface area contributed by atoms with E-state index in [9.17, 15) is 9.59 Å². The molecule has 0 bridgehead atoms. The molecule has 152 valence electrons. The summed E-state index contributed by atoms with van der Waals surface area (Å²) in [5.74, 6) is 0.428. The molecular weight excluding hydrogens is 489 g/mol. The quantitative estimate of drug-likeness (QED) is 0.478. The van der Waals surface area contributed by atoms with Crippen LogP contribution in [0.3, 0.4) is 0 Å². The van der Waals surface area contributed by atoms with Crippen molar-refractivity contribution in [1.82, 2.24) is 9.78 Å². The largest absolute Gasteiger partial charge is 0.343 e. The highest BCUT2D eigenvalue weighted by Gasteiger charge is 2.42. The van der Waals surface area contributed by atoms with Gasteiger partial charge in [0, 0.05) is 27.2 Å². The maximum atomic E-state index is 13.5. The number of allylic oxidation sites excluding steroid dienone is 2. The van der Waals surface area contributed by atoms with E-state index in [1.54, 1.807) is 4.68 Å². The molecule has 1 aromatic heterocycles. The van der Waals surface area contributed by atoms with Gasteiger partial charge in [-0.3, -0.25) is 14.7 Å². The van der Waals surface area contributed by atoms with Gasteiger partial charge in [0.1, 0.15) is 5.82 Å². The summed E-state index contributed by atoms with van der Waals surface area (Å²) in [6, 6.07) is 17.6. The number of carbonyl (C=O) groups is 1. The summed E-state index contributed by atoms with van der Waals surface area (Å²) in [5, 5.41) is 6.66. The number of ketones is 1. The Balaban J connectivity index is 1.74. The Morgan fingerprint density at radius 1 is 1.00 bits per heavy atom. The van der Waals surface area contributed by atoms with Crippen LogP contribution in [0.25, 0.3) is 5.69 Å². The number of anilines is 1. The molecule has 0 unspecified atom stereocenters. The molecule has 2 heterocycles. The maximum Gasteiger partial charge on any atom is 0.277 e. The molecule has 6 heteroatoms. The number of fused-ring (bicyclic) bond motifs is 1. The number of Topliss-reactive ketones (excluding diaryl/α,β-unsaturated/α-hetero) is 1. The molecule has 2 aliphatic rings. The molecular formula is C24H22IN3O2. The molecule has 5 nitrogen and oxygen atoms in total. The van der Waals surface area contributed by atoms with E-state index >= 15 is 0 Å². The Bertz CT molecular complexity index is 1230. The second kappa shape index (κ2) is 6.97. The first-order chi connectivity index (χ1) is 14.3. The van der Waals surface area contributed by atoms with Crippen molar-refractivity contribution in [3.63, 3.8) is 0 Å². The Morgan fingerprint density at radius 2 is 1.70 bits per heavy atom. The van der Waals surface area contributed by atoms with Crippen LogP contribution in [0.2, 0.25) is 0 Å². The number of H-pyrrole nitrogens is 1. The lowest BCUT2D eigenvalue weighted by molar-refractivity contribution is -0.118. The maximum absolute atomic E-state index is 13.5. The van der Waals surface area contributed by atoms with E-state index in [-0.39, 0.29) is 22.7 Å². The fraction of sp³-hybridized carbons (Fsp3) is 0.250. The number of hydrogen-bond acceptors (Lipinski definition) is 3. The zero-order chi connectivity index (χ0) is 21.0. The summed E-state index contributed by atoms with van der Waals surface area (Å²) in [4.78, 5) is 26.8. The zero-order valence-electron chi connectivity index (χ0n) is 16.8. The van der Waals surface area contributed by atoms with Gasteiger partial charge in [-0.05, 0) is 64.3 Å². The van der Waals surface area contributed by atoms with Crippen molar-refractivity contribution >= 4 is 34.2 Å². The Hall–Kier alpha value is -2.61. The highest BCUT2D eigenvalue weighted by Crippen LogP contribution is 2.47. The van der Waals surface area contributed by atoms with Crippen LogP contribution in [0.5, 0.6) is 0 Å². The van der Waals surface area contributed by atoms with Gasteiger partial charge >= 0.3 is 0 Å². The number of halogens is 1. The minimum atomic E-state index is -0.370. The molecule has 5 rings (SSSR count). The number of aromatic nitrogens is 2. The van der Waals surface area contributed by atoms with E-state index in [1.807, 2.05) is 54.6 Å². The summed E-state index contributed by atoms with van der Waals surface area (Å²) in [7, 11) is 0. The van der Waals surface area contributed by atoms with E-state index in [1.165, 1.54) is 0 Å². The number of rotatable bonds is 2. The highest BCUT2D eigenvalue weighted by atomic mass is 127. The molecule has 0 saturated heterocycles. The van der Waals surface area contributed by atoms with Gasteiger partial charge in [-0.1, -0.05) is 44.2 Å².